The minimum absolute atomic E-state index is 0.330. The molecule has 0 heterocycles. The Morgan fingerprint density at radius 1 is 1.25 bits per heavy atom. The second kappa shape index (κ2) is 5.96. The molecule has 20 heavy (non-hydrogen) atoms. The third-order valence-electron chi connectivity index (χ3n) is 2.86. The molecule has 0 saturated heterocycles. The van der Waals surface area contributed by atoms with Crippen LogP contribution in [0.2, 0.25) is 10.0 Å². The molecule has 2 aromatic carbocycles. The summed E-state index contributed by atoms with van der Waals surface area (Å²) in [6.07, 6.45) is 0. The standard InChI is InChI=1S/C15H10Cl2N2O/c1-9-12(3-2-4-13(9)17)15(20)19-14-7-11(16)6-5-10(14)8-18/h2-7H,1H3,(H,19,20). The second-order valence-corrected chi connectivity index (χ2v) is 5.01. The van der Waals surface area contributed by atoms with Crippen LogP contribution in [0.3, 0.4) is 0 Å². The molecule has 0 saturated carbocycles. The lowest BCUT2D eigenvalue weighted by atomic mass is 10.1. The molecule has 1 N–H and O–H groups in total. The normalized spacial score (nSPS) is 9.90. The molecule has 0 aliphatic rings. The van der Waals surface area contributed by atoms with E-state index in [0.717, 1.165) is 0 Å². The Kier molecular flexibility index (Phi) is 4.29. The Morgan fingerprint density at radius 2 is 2.00 bits per heavy atom. The SMILES string of the molecule is Cc1c(Cl)cccc1C(=O)Nc1cc(Cl)ccc1C#N. The summed E-state index contributed by atoms with van der Waals surface area (Å²) in [7, 11) is 0. The molecule has 1 amide bonds. The number of benzene rings is 2. The first-order valence-corrected chi connectivity index (χ1v) is 6.54. The van der Waals surface area contributed by atoms with Crippen LogP contribution in [0, 0.1) is 18.3 Å². The van der Waals surface area contributed by atoms with E-state index < -0.39 is 0 Å². The first-order valence-electron chi connectivity index (χ1n) is 5.79. The van der Waals surface area contributed by atoms with Crippen molar-refractivity contribution in [3.8, 4) is 6.07 Å². The van der Waals surface area contributed by atoms with Gasteiger partial charge in [0.15, 0.2) is 0 Å². The van der Waals surface area contributed by atoms with Crippen molar-refractivity contribution in [1.82, 2.24) is 0 Å². The molecule has 0 fully saturated rings. The molecule has 0 bridgehead atoms. The number of nitriles is 1. The maximum Gasteiger partial charge on any atom is 0.256 e. The number of hydrogen-bond donors (Lipinski definition) is 1. The van der Waals surface area contributed by atoms with Crippen molar-refractivity contribution in [3.63, 3.8) is 0 Å². The van der Waals surface area contributed by atoms with Gasteiger partial charge in [0.25, 0.3) is 5.91 Å². The summed E-state index contributed by atoms with van der Waals surface area (Å²) in [5.74, 6) is -0.330. The zero-order chi connectivity index (χ0) is 14.7. The van der Waals surface area contributed by atoms with E-state index in [9.17, 15) is 4.79 Å². The van der Waals surface area contributed by atoms with Crippen molar-refractivity contribution in [2.75, 3.05) is 5.32 Å². The van der Waals surface area contributed by atoms with Crippen LogP contribution in [0.15, 0.2) is 36.4 Å². The summed E-state index contributed by atoms with van der Waals surface area (Å²) < 4.78 is 0. The largest absolute Gasteiger partial charge is 0.321 e. The highest BCUT2D eigenvalue weighted by Gasteiger charge is 2.13. The summed E-state index contributed by atoms with van der Waals surface area (Å²) >= 11 is 11.9. The van der Waals surface area contributed by atoms with Gasteiger partial charge < -0.3 is 5.32 Å². The van der Waals surface area contributed by atoms with Crippen LogP contribution in [-0.4, -0.2) is 5.91 Å². The third-order valence-corrected chi connectivity index (χ3v) is 3.51. The van der Waals surface area contributed by atoms with E-state index >= 15 is 0 Å². The van der Waals surface area contributed by atoms with E-state index in [1.165, 1.54) is 6.07 Å². The van der Waals surface area contributed by atoms with Gasteiger partial charge in [-0.2, -0.15) is 5.26 Å². The lowest BCUT2D eigenvalue weighted by Gasteiger charge is -2.10. The van der Waals surface area contributed by atoms with Crippen molar-refractivity contribution >= 4 is 34.8 Å². The maximum atomic E-state index is 12.2. The molecule has 2 rings (SSSR count). The van der Waals surface area contributed by atoms with Gasteiger partial charge in [-0.1, -0.05) is 29.3 Å². The fourth-order valence-electron chi connectivity index (χ4n) is 1.76. The minimum Gasteiger partial charge on any atom is -0.321 e. The highest BCUT2D eigenvalue weighted by Crippen LogP contribution is 2.23. The van der Waals surface area contributed by atoms with Gasteiger partial charge in [0.1, 0.15) is 6.07 Å². The number of rotatable bonds is 2. The monoisotopic (exact) mass is 304 g/mol. The molecule has 0 radical (unpaired) electrons. The highest BCUT2D eigenvalue weighted by atomic mass is 35.5. The molecule has 2 aromatic rings. The predicted molar refractivity (Wildman–Crippen MR) is 80.3 cm³/mol. The van der Waals surface area contributed by atoms with Crippen molar-refractivity contribution < 1.29 is 4.79 Å². The lowest BCUT2D eigenvalue weighted by molar-refractivity contribution is 0.102. The molecule has 3 nitrogen and oxygen atoms in total. The van der Waals surface area contributed by atoms with Gasteiger partial charge in [0.05, 0.1) is 11.3 Å². The molecule has 0 aliphatic heterocycles. The summed E-state index contributed by atoms with van der Waals surface area (Å²) in [4.78, 5) is 12.2. The minimum atomic E-state index is -0.330. The van der Waals surface area contributed by atoms with Gasteiger partial charge >= 0.3 is 0 Å². The van der Waals surface area contributed by atoms with Crippen LogP contribution in [-0.2, 0) is 0 Å². The van der Waals surface area contributed by atoms with Crippen molar-refractivity contribution in [2.45, 2.75) is 6.92 Å². The third kappa shape index (κ3) is 2.93. The van der Waals surface area contributed by atoms with Gasteiger partial charge in [-0.05, 0) is 42.8 Å². The number of carbonyl (C=O) groups is 1. The molecule has 100 valence electrons. The van der Waals surface area contributed by atoms with Crippen LogP contribution in [0.25, 0.3) is 0 Å². The van der Waals surface area contributed by atoms with Gasteiger partial charge in [-0.25, -0.2) is 0 Å². The van der Waals surface area contributed by atoms with Gasteiger partial charge in [-0.3, -0.25) is 4.79 Å². The Hall–Kier alpha value is -2.02. The Balaban J connectivity index is 2.35. The van der Waals surface area contributed by atoms with Gasteiger partial charge in [0, 0.05) is 15.6 Å². The average Bonchev–Trinajstić information content (AvgIpc) is 2.42. The second-order valence-electron chi connectivity index (χ2n) is 4.17. The molecular weight excluding hydrogens is 295 g/mol. The van der Waals surface area contributed by atoms with Crippen molar-refractivity contribution in [2.24, 2.45) is 0 Å². The highest BCUT2D eigenvalue weighted by molar-refractivity contribution is 6.32. The Bertz CT molecular complexity index is 720. The maximum absolute atomic E-state index is 12.2. The van der Waals surface area contributed by atoms with Gasteiger partial charge in [0.2, 0.25) is 0 Å². The van der Waals surface area contributed by atoms with E-state index in [2.05, 4.69) is 5.32 Å². The summed E-state index contributed by atoms with van der Waals surface area (Å²) in [6, 6.07) is 11.8. The van der Waals surface area contributed by atoms with E-state index in [4.69, 9.17) is 28.5 Å². The number of nitrogens with one attached hydrogen (secondary N) is 1. The number of nitrogens with zero attached hydrogens (tertiary/aromatic N) is 1. The van der Waals surface area contributed by atoms with Crippen LogP contribution < -0.4 is 5.32 Å². The van der Waals surface area contributed by atoms with Crippen molar-refractivity contribution in [1.29, 1.82) is 5.26 Å². The molecular formula is C15H10Cl2N2O. The van der Waals surface area contributed by atoms with Gasteiger partial charge in [-0.15, -0.1) is 0 Å². The smallest absolute Gasteiger partial charge is 0.256 e. The van der Waals surface area contributed by atoms with Crippen LogP contribution in [0.5, 0.6) is 0 Å². The topological polar surface area (TPSA) is 52.9 Å². The number of hydrogen-bond acceptors (Lipinski definition) is 2. The summed E-state index contributed by atoms with van der Waals surface area (Å²) in [6.45, 7) is 1.76. The number of carbonyl (C=O) groups excluding carboxylic acids is 1. The molecule has 0 aromatic heterocycles. The Labute approximate surface area is 126 Å². The molecule has 5 heteroatoms. The zero-order valence-electron chi connectivity index (χ0n) is 10.6. The van der Waals surface area contributed by atoms with E-state index in [1.807, 2.05) is 6.07 Å². The van der Waals surface area contributed by atoms with Crippen LogP contribution in [0.1, 0.15) is 21.5 Å². The lowest BCUT2D eigenvalue weighted by Crippen LogP contribution is -2.14. The molecule has 0 unspecified atom stereocenters. The molecule has 0 atom stereocenters. The number of anilines is 1. The van der Waals surface area contributed by atoms with Crippen LogP contribution >= 0.6 is 23.2 Å². The van der Waals surface area contributed by atoms with Crippen molar-refractivity contribution in [3.05, 3.63) is 63.1 Å². The average molecular weight is 305 g/mol. The molecule has 0 spiro atoms. The predicted octanol–water partition coefficient (Wildman–Crippen LogP) is 4.43. The van der Waals surface area contributed by atoms with Crippen LogP contribution in [0.4, 0.5) is 5.69 Å². The summed E-state index contributed by atoms with van der Waals surface area (Å²) in [5.41, 5.74) is 1.88. The van der Waals surface area contributed by atoms with E-state index in [1.54, 1.807) is 37.3 Å². The number of halogens is 2. The fourth-order valence-corrected chi connectivity index (χ4v) is 2.11. The first-order chi connectivity index (χ1) is 9.52. The number of amides is 1. The fraction of sp³-hybridized carbons (Fsp3) is 0.0667. The summed E-state index contributed by atoms with van der Waals surface area (Å²) in [5, 5.41) is 12.7. The molecule has 0 aliphatic carbocycles. The Morgan fingerprint density at radius 3 is 2.70 bits per heavy atom. The van der Waals surface area contributed by atoms with E-state index in [-0.39, 0.29) is 5.91 Å². The quantitative estimate of drug-likeness (QED) is 0.892. The van der Waals surface area contributed by atoms with E-state index in [0.29, 0.717) is 32.4 Å². The zero-order valence-corrected chi connectivity index (χ0v) is 12.1. The first kappa shape index (κ1) is 14.4.